The summed E-state index contributed by atoms with van der Waals surface area (Å²) < 4.78 is 11.8. The van der Waals surface area contributed by atoms with Gasteiger partial charge in [0.2, 0.25) is 0 Å². The fraction of sp³-hybridized carbons (Fsp3) is 0.304. The molecule has 2 heterocycles. The largest absolute Gasteiger partial charge is 0.493 e. The molecule has 0 spiro atoms. The summed E-state index contributed by atoms with van der Waals surface area (Å²) in [4.78, 5) is 5.16. The third-order valence-corrected chi connectivity index (χ3v) is 6.91. The highest BCUT2D eigenvalue weighted by atomic mass is 32.2. The Morgan fingerprint density at radius 1 is 1.14 bits per heavy atom. The molecule has 1 aliphatic heterocycles. The third kappa shape index (κ3) is 4.07. The van der Waals surface area contributed by atoms with Crippen LogP contribution in [-0.2, 0) is 13.1 Å². The van der Waals surface area contributed by atoms with E-state index in [9.17, 15) is 0 Å². The second-order valence-corrected chi connectivity index (χ2v) is 8.86. The molecule has 0 saturated carbocycles. The second-order valence-electron chi connectivity index (χ2n) is 6.98. The predicted octanol–water partition coefficient (Wildman–Crippen LogP) is 5.85. The summed E-state index contributed by atoms with van der Waals surface area (Å²) in [7, 11) is 1.72. The van der Waals surface area contributed by atoms with E-state index in [-0.39, 0.29) is 0 Å². The topological polar surface area (TPSA) is 21.7 Å². The van der Waals surface area contributed by atoms with Gasteiger partial charge in [0.25, 0.3) is 0 Å². The molecule has 5 heteroatoms. The van der Waals surface area contributed by atoms with E-state index in [4.69, 9.17) is 9.47 Å². The van der Waals surface area contributed by atoms with Crippen molar-refractivity contribution in [3.05, 3.63) is 63.8 Å². The first-order valence-corrected chi connectivity index (χ1v) is 11.5. The lowest BCUT2D eigenvalue weighted by Gasteiger charge is -2.19. The Balaban J connectivity index is 1.66. The maximum absolute atomic E-state index is 6.11. The van der Waals surface area contributed by atoms with Crippen LogP contribution < -0.4 is 9.47 Å². The molecular weight excluding hydrogens is 386 g/mol. The molecule has 1 aliphatic rings. The highest BCUT2D eigenvalue weighted by molar-refractivity contribution is 7.98. The van der Waals surface area contributed by atoms with Crippen LogP contribution in [0.4, 0.5) is 0 Å². The fourth-order valence-corrected chi connectivity index (χ4v) is 4.90. The van der Waals surface area contributed by atoms with Crippen molar-refractivity contribution in [1.29, 1.82) is 0 Å². The number of ether oxygens (including phenoxy) is 2. The monoisotopic (exact) mass is 411 g/mol. The molecule has 0 saturated heterocycles. The summed E-state index contributed by atoms with van der Waals surface area (Å²) in [6.45, 7) is 5.59. The Kier molecular flexibility index (Phi) is 5.95. The number of thiophene rings is 1. The van der Waals surface area contributed by atoms with Gasteiger partial charge < -0.3 is 9.47 Å². The summed E-state index contributed by atoms with van der Waals surface area (Å²) in [5, 5.41) is 2.17. The standard InChI is InChI=1S/C23H25NO2S2/c1-16-8-11-28-22(16)15-24-9-10-26-23-19(14-24)12-18(13-21(23)25-2)17-4-6-20(27-3)7-5-17/h4-8,11-13H,9-10,14-15H2,1-3H3. The third-order valence-electron chi connectivity index (χ3n) is 5.16. The van der Waals surface area contributed by atoms with Crippen molar-refractivity contribution < 1.29 is 9.47 Å². The molecule has 0 aliphatic carbocycles. The van der Waals surface area contributed by atoms with Gasteiger partial charge >= 0.3 is 0 Å². The molecule has 0 amide bonds. The predicted molar refractivity (Wildman–Crippen MR) is 119 cm³/mol. The van der Waals surface area contributed by atoms with Crippen LogP contribution in [0.5, 0.6) is 11.5 Å². The van der Waals surface area contributed by atoms with E-state index in [1.807, 2.05) is 11.3 Å². The van der Waals surface area contributed by atoms with Crippen molar-refractivity contribution in [2.45, 2.75) is 24.9 Å². The van der Waals surface area contributed by atoms with Crippen LogP contribution in [-0.4, -0.2) is 31.4 Å². The molecular formula is C23H25NO2S2. The van der Waals surface area contributed by atoms with Gasteiger partial charge in [-0.2, -0.15) is 0 Å². The van der Waals surface area contributed by atoms with Crippen molar-refractivity contribution in [1.82, 2.24) is 4.90 Å². The number of rotatable bonds is 5. The highest BCUT2D eigenvalue weighted by Gasteiger charge is 2.21. The molecule has 3 aromatic rings. The van der Waals surface area contributed by atoms with Crippen LogP contribution in [0, 0.1) is 6.92 Å². The zero-order valence-electron chi connectivity index (χ0n) is 16.5. The van der Waals surface area contributed by atoms with Gasteiger partial charge in [0.1, 0.15) is 6.61 Å². The average Bonchev–Trinajstić information content (AvgIpc) is 3.01. The van der Waals surface area contributed by atoms with Gasteiger partial charge in [-0.3, -0.25) is 4.90 Å². The lowest BCUT2D eigenvalue weighted by Crippen LogP contribution is -2.25. The minimum absolute atomic E-state index is 0.676. The smallest absolute Gasteiger partial charge is 0.165 e. The molecule has 2 aromatic carbocycles. The molecule has 0 unspecified atom stereocenters. The number of hydrogen-bond donors (Lipinski definition) is 0. The van der Waals surface area contributed by atoms with Gasteiger partial charge in [-0.15, -0.1) is 23.1 Å². The maximum atomic E-state index is 6.11. The Labute approximate surface area is 175 Å². The van der Waals surface area contributed by atoms with Crippen molar-refractivity contribution in [3.63, 3.8) is 0 Å². The minimum Gasteiger partial charge on any atom is -0.493 e. The summed E-state index contributed by atoms with van der Waals surface area (Å²) in [6.07, 6.45) is 2.10. The van der Waals surface area contributed by atoms with Crippen molar-refractivity contribution in [2.24, 2.45) is 0 Å². The fourth-order valence-electron chi connectivity index (χ4n) is 3.54. The van der Waals surface area contributed by atoms with E-state index < -0.39 is 0 Å². The summed E-state index contributed by atoms with van der Waals surface area (Å²) >= 11 is 3.59. The number of nitrogens with zero attached hydrogens (tertiary/aromatic N) is 1. The Hall–Kier alpha value is -1.95. The summed E-state index contributed by atoms with van der Waals surface area (Å²) in [5.41, 5.74) is 4.93. The van der Waals surface area contributed by atoms with Crippen molar-refractivity contribution >= 4 is 23.1 Å². The molecule has 0 bridgehead atoms. The maximum Gasteiger partial charge on any atom is 0.165 e. The number of hydrogen-bond acceptors (Lipinski definition) is 5. The normalized spacial score (nSPS) is 14.2. The number of fused-ring (bicyclic) bond motifs is 1. The highest BCUT2D eigenvalue weighted by Crippen LogP contribution is 2.39. The zero-order valence-corrected chi connectivity index (χ0v) is 18.2. The van der Waals surface area contributed by atoms with Gasteiger partial charge in [0.05, 0.1) is 7.11 Å². The first-order chi connectivity index (χ1) is 13.7. The second kappa shape index (κ2) is 8.60. The summed E-state index contributed by atoms with van der Waals surface area (Å²) in [6, 6.07) is 15.2. The van der Waals surface area contributed by atoms with Gasteiger partial charge in [0.15, 0.2) is 11.5 Å². The Bertz CT molecular complexity index is 950. The molecule has 0 N–H and O–H groups in total. The molecule has 4 rings (SSSR count). The first-order valence-electron chi connectivity index (χ1n) is 9.41. The van der Waals surface area contributed by atoms with Crippen LogP contribution >= 0.6 is 23.1 Å². The number of benzene rings is 2. The first kappa shape index (κ1) is 19.4. The van der Waals surface area contributed by atoms with Crippen LogP contribution in [0.1, 0.15) is 16.0 Å². The van der Waals surface area contributed by atoms with Gasteiger partial charge in [-0.25, -0.2) is 0 Å². The van der Waals surface area contributed by atoms with Crippen LogP contribution in [0.25, 0.3) is 11.1 Å². The van der Waals surface area contributed by atoms with Crippen molar-refractivity contribution in [3.8, 4) is 22.6 Å². The molecule has 28 heavy (non-hydrogen) atoms. The zero-order chi connectivity index (χ0) is 19.5. The lowest BCUT2D eigenvalue weighted by atomic mass is 10.0. The Morgan fingerprint density at radius 3 is 2.64 bits per heavy atom. The Morgan fingerprint density at radius 2 is 1.96 bits per heavy atom. The lowest BCUT2D eigenvalue weighted by molar-refractivity contribution is 0.218. The van der Waals surface area contributed by atoms with E-state index in [1.54, 1.807) is 18.9 Å². The van der Waals surface area contributed by atoms with Crippen LogP contribution in [0.15, 0.2) is 52.7 Å². The van der Waals surface area contributed by atoms with Crippen LogP contribution in [0.2, 0.25) is 0 Å². The number of aryl methyl sites for hydroxylation is 1. The van der Waals surface area contributed by atoms with E-state index in [2.05, 4.69) is 65.9 Å². The molecule has 0 atom stereocenters. The molecule has 1 aromatic heterocycles. The van der Waals surface area contributed by atoms with E-state index in [1.165, 1.54) is 32.0 Å². The number of thioether (sulfide) groups is 1. The van der Waals surface area contributed by atoms with Crippen molar-refractivity contribution in [2.75, 3.05) is 26.5 Å². The average molecular weight is 412 g/mol. The van der Waals surface area contributed by atoms with E-state index >= 15 is 0 Å². The minimum atomic E-state index is 0.676. The van der Waals surface area contributed by atoms with E-state index in [0.717, 1.165) is 31.1 Å². The molecule has 146 valence electrons. The molecule has 3 nitrogen and oxygen atoms in total. The van der Waals surface area contributed by atoms with Gasteiger partial charge in [0, 0.05) is 35.0 Å². The van der Waals surface area contributed by atoms with Gasteiger partial charge in [-0.05, 0) is 65.6 Å². The quantitative estimate of drug-likeness (QED) is 0.491. The SMILES string of the molecule is COc1cc(-c2ccc(SC)cc2)cc2c1OCCN(Cc1sccc1C)C2. The number of methoxy groups -OCH3 is 1. The molecule has 0 radical (unpaired) electrons. The summed E-state index contributed by atoms with van der Waals surface area (Å²) in [5.74, 6) is 1.70. The van der Waals surface area contributed by atoms with E-state index in [0.29, 0.717) is 6.61 Å². The van der Waals surface area contributed by atoms with Crippen LogP contribution in [0.3, 0.4) is 0 Å². The molecule has 0 fully saturated rings. The van der Waals surface area contributed by atoms with Gasteiger partial charge in [-0.1, -0.05) is 12.1 Å².